The number of benzene rings is 1. The number of methoxy groups -OCH3 is 3. The Bertz CT molecular complexity index is 862. The average molecular weight is 399 g/mol. The van der Waals surface area contributed by atoms with Gasteiger partial charge in [0, 0.05) is 31.7 Å². The number of fused-ring (bicyclic) bond motifs is 1. The molecular formula is C22H29N3O4. The number of aromatic nitrogens is 2. The Hall–Kier alpha value is -2.38. The first-order chi connectivity index (χ1) is 14.1. The molecule has 1 saturated carbocycles. The highest BCUT2D eigenvalue weighted by atomic mass is 16.5. The number of likely N-dealkylation sites (tertiary alicyclic amines) is 1. The van der Waals surface area contributed by atoms with Crippen LogP contribution in [0.1, 0.15) is 30.4 Å². The van der Waals surface area contributed by atoms with Crippen molar-refractivity contribution >= 4 is 0 Å². The third kappa shape index (κ3) is 3.76. The van der Waals surface area contributed by atoms with Crippen LogP contribution in [0.15, 0.2) is 30.5 Å². The number of hydrogen-bond donors (Lipinski definition) is 1. The molecule has 7 heteroatoms. The van der Waals surface area contributed by atoms with E-state index in [-0.39, 0.29) is 11.9 Å². The standard InChI is InChI=1S/C22H29N3O4/c1-27-17-8-4-6-15(10-17)12-25-13-16-7-5-9-22(26,19(16)14-25)18-11-23-21(29-3)24-20(18)28-2/h4,6,8,10-11,16,19,26H,5,7,9,12-14H2,1-3H3/t16-,19+,22+/m0/s1. The van der Waals surface area contributed by atoms with E-state index in [0.29, 0.717) is 23.8 Å². The van der Waals surface area contributed by atoms with Crippen LogP contribution in [0.5, 0.6) is 17.6 Å². The highest BCUT2D eigenvalue weighted by Gasteiger charge is 2.51. The molecule has 2 heterocycles. The first-order valence-electron chi connectivity index (χ1n) is 10.1. The van der Waals surface area contributed by atoms with Crippen molar-refractivity contribution in [3.05, 3.63) is 41.6 Å². The van der Waals surface area contributed by atoms with E-state index in [1.807, 2.05) is 12.1 Å². The monoisotopic (exact) mass is 399 g/mol. The van der Waals surface area contributed by atoms with E-state index in [9.17, 15) is 5.11 Å². The zero-order chi connectivity index (χ0) is 20.4. The van der Waals surface area contributed by atoms with Gasteiger partial charge in [-0.05, 0) is 42.9 Å². The lowest BCUT2D eigenvalue weighted by atomic mass is 9.68. The molecule has 156 valence electrons. The van der Waals surface area contributed by atoms with E-state index in [0.717, 1.165) is 38.2 Å². The predicted octanol–water partition coefficient (Wildman–Crippen LogP) is 2.62. The van der Waals surface area contributed by atoms with Crippen molar-refractivity contribution < 1.29 is 19.3 Å². The number of nitrogens with zero attached hydrogens (tertiary/aromatic N) is 3. The van der Waals surface area contributed by atoms with Crippen molar-refractivity contribution in [3.8, 4) is 17.6 Å². The van der Waals surface area contributed by atoms with Crippen molar-refractivity contribution in [2.75, 3.05) is 34.4 Å². The summed E-state index contributed by atoms with van der Waals surface area (Å²) in [5.74, 6) is 1.82. The molecular weight excluding hydrogens is 370 g/mol. The fraction of sp³-hybridized carbons (Fsp3) is 0.545. The third-order valence-corrected chi connectivity index (χ3v) is 6.38. The average Bonchev–Trinajstić information content (AvgIpc) is 3.17. The summed E-state index contributed by atoms with van der Waals surface area (Å²) in [6.45, 7) is 2.65. The Morgan fingerprint density at radius 3 is 2.79 bits per heavy atom. The summed E-state index contributed by atoms with van der Waals surface area (Å²) in [4.78, 5) is 11.0. The molecule has 2 aliphatic rings. The lowest BCUT2D eigenvalue weighted by Crippen LogP contribution is -2.43. The van der Waals surface area contributed by atoms with Crippen molar-refractivity contribution in [3.63, 3.8) is 0 Å². The molecule has 2 aromatic rings. The van der Waals surface area contributed by atoms with Gasteiger partial charge in [0.15, 0.2) is 0 Å². The van der Waals surface area contributed by atoms with Crippen molar-refractivity contribution in [2.24, 2.45) is 11.8 Å². The summed E-state index contributed by atoms with van der Waals surface area (Å²) in [5.41, 5.74) is 0.888. The second-order valence-corrected chi connectivity index (χ2v) is 8.01. The van der Waals surface area contributed by atoms with E-state index < -0.39 is 5.60 Å². The molecule has 1 N–H and O–H groups in total. The van der Waals surface area contributed by atoms with Gasteiger partial charge in [0.2, 0.25) is 5.88 Å². The van der Waals surface area contributed by atoms with Crippen molar-refractivity contribution in [1.29, 1.82) is 0 Å². The molecule has 1 aliphatic heterocycles. The molecule has 4 rings (SSSR count). The molecule has 0 spiro atoms. The van der Waals surface area contributed by atoms with Gasteiger partial charge >= 0.3 is 6.01 Å². The van der Waals surface area contributed by atoms with Gasteiger partial charge in [0.05, 0.1) is 26.9 Å². The van der Waals surface area contributed by atoms with Crippen LogP contribution < -0.4 is 14.2 Å². The molecule has 1 saturated heterocycles. The summed E-state index contributed by atoms with van der Waals surface area (Å²) in [6, 6.07) is 8.42. The Morgan fingerprint density at radius 2 is 2.03 bits per heavy atom. The van der Waals surface area contributed by atoms with E-state index in [1.54, 1.807) is 20.4 Å². The Labute approximate surface area is 171 Å². The summed E-state index contributed by atoms with van der Waals surface area (Å²) >= 11 is 0. The van der Waals surface area contributed by atoms with Crippen LogP contribution in [0.3, 0.4) is 0 Å². The molecule has 0 bridgehead atoms. The largest absolute Gasteiger partial charge is 0.497 e. The maximum Gasteiger partial charge on any atom is 0.319 e. The van der Waals surface area contributed by atoms with Crippen LogP contribution in [0.2, 0.25) is 0 Å². The quantitative estimate of drug-likeness (QED) is 0.800. The van der Waals surface area contributed by atoms with Crippen LogP contribution in [0, 0.1) is 11.8 Å². The molecule has 0 unspecified atom stereocenters. The van der Waals surface area contributed by atoms with Crippen molar-refractivity contribution in [2.45, 2.75) is 31.4 Å². The molecule has 0 radical (unpaired) electrons. The highest BCUT2D eigenvalue weighted by molar-refractivity contribution is 5.34. The number of aliphatic hydroxyl groups is 1. The lowest BCUT2D eigenvalue weighted by Gasteiger charge is -2.41. The van der Waals surface area contributed by atoms with Crippen LogP contribution in [-0.2, 0) is 12.1 Å². The van der Waals surface area contributed by atoms with E-state index >= 15 is 0 Å². The maximum absolute atomic E-state index is 11.8. The lowest BCUT2D eigenvalue weighted by molar-refractivity contribution is -0.0669. The Kier molecular flexibility index (Phi) is 5.61. The minimum Gasteiger partial charge on any atom is -0.497 e. The Morgan fingerprint density at radius 1 is 1.17 bits per heavy atom. The van der Waals surface area contributed by atoms with Gasteiger partial charge in [-0.1, -0.05) is 12.1 Å². The predicted molar refractivity (Wildman–Crippen MR) is 108 cm³/mol. The van der Waals surface area contributed by atoms with E-state index in [2.05, 4.69) is 27.0 Å². The molecule has 0 amide bonds. The van der Waals surface area contributed by atoms with Gasteiger partial charge in [-0.25, -0.2) is 4.98 Å². The smallest absolute Gasteiger partial charge is 0.319 e. The van der Waals surface area contributed by atoms with Crippen molar-refractivity contribution in [1.82, 2.24) is 14.9 Å². The highest BCUT2D eigenvalue weighted by Crippen LogP contribution is 2.50. The zero-order valence-corrected chi connectivity index (χ0v) is 17.3. The van der Waals surface area contributed by atoms with Gasteiger partial charge in [-0.15, -0.1) is 0 Å². The van der Waals surface area contributed by atoms with Gasteiger partial charge in [-0.3, -0.25) is 4.90 Å². The second-order valence-electron chi connectivity index (χ2n) is 8.01. The summed E-state index contributed by atoms with van der Waals surface area (Å²) in [6.07, 6.45) is 4.45. The third-order valence-electron chi connectivity index (χ3n) is 6.38. The molecule has 29 heavy (non-hydrogen) atoms. The molecule has 7 nitrogen and oxygen atoms in total. The number of ether oxygens (including phenoxy) is 3. The topological polar surface area (TPSA) is 76.9 Å². The molecule has 1 aromatic carbocycles. The number of rotatable bonds is 6. The van der Waals surface area contributed by atoms with E-state index in [4.69, 9.17) is 14.2 Å². The molecule has 2 fully saturated rings. The van der Waals surface area contributed by atoms with Gasteiger partial charge in [0.1, 0.15) is 11.4 Å². The Balaban J connectivity index is 1.58. The molecule has 1 aromatic heterocycles. The normalized spacial score (nSPS) is 26.8. The SMILES string of the molecule is COc1cccc(CN2C[C@@H]3CCC[C@@](O)(c4cnc(OC)nc4OC)[C@@H]3C2)c1. The summed E-state index contributed by atoms with van der Waals surface area (Å²) in [5, 5.41) is 11.8. The van der Waals surface area contributed by atoms with Crippen LogP contribution >= 0.6 is 0 Å². The van der Waals surface area contributed by atoms with Crippen LogP contribution in [0.25, 0.3) is 0 Å². The minimum absolute atomic E-state index is 0.118. The molecule has 3 atom stereocenters. The van der Waals surface area contributed by atoms with Gasteiger partial charge in [0.25, 0.3) is 0 Å². The van der Waals surface area contributed by atoms with Gasteiger partial charge in [-0.2, -0.15) is 4.98 Å². The number of hydrogen-bond acceptors (Lipinski definition) is 7. The fourth-order valence-corrected chi connectivity index (χ4v) is 5.01. The second kappa shape index (κ2) is 8.16. The fourth-order valence-electron chi connectivity index (χ4n) is 5.01. The summed E-state index contributed by atoms with van der Waals surface area (Å²) < 4.78 is 16.0. The zero-order valence-electron chi connectivity index (χ0n) is 17.3. The molecule has 1 aliphatic carbocycles. The van der Waals surface area contributed by atoms with Crippen LogP contribution in [0.4, 0.5) is 0 Å². The first kappa shape index (κ1) is 19.9. The maximum atomic E-state index is 11.8. The van der Waals surface area contributed by atoms with E-state index in [1.165, 1.54) is 12.7 Å². The summed E-state index contributed by atoms with van der Waals surface area (Å²) in [7, 11) is 4.78. The van der Waals surface area contributed by atoms with Gasteiger partial charge < -0.3 is 19.3 Å². The first-order valence-corrected chi connectivity index (χ1v) is 10.1. The minimum atomic E-state index is -0.996. The van der Waals surface area contributed by atoms with Crippen LogP contribution in [-0.4, -0.2) is 54.4 Å².